The third kappa shape index (κ3) is 1.67. The van der Waals surface area contributed by atoms with Crippen LogP contribution < -0.4 is 0 Å². The SMILES string of the molecule is O=C(O)C1C[C@H]2CCC[C@H](C1)N2C1CC1. The van der Waals surface area contributed by atoms with Crippen molar-refractivity contribution in [3.8, 4) is 0 Å². The number of carbonyl (C=O) groups is 1. The van der Waals surface area contributed by atoms with E-state index in [0.717, 1.165) is 18.9 Å². The van der Waals surface area contributed by atoms with Gasteiger partial charge in [0.1, 0.15) is 0 Å². The largest absolute Gasteiger partial charge is 0.481 e. The number of nitrogens with zero attached hydrogens (tertiary/aromatic N) is 1. The van der Waals surface area contributed by atoms with Crippen molar-refractivity contribution in [2.75, 3.05) is 0 Å². The van der Waals surface area contributed by atoms with Gasteiger partial charge in [-0.2, -0.15) is 0 Å². The molecule has 0 spiro atoms. The molecule has 3 nitrogen and oxygen atoms in total. The Bertz CT molecular complexity index is 261. The molecule has 2 aliphatic heterocycles. The molecule has 84 valence electrons. The Balaban J connectivity index is 1.76. The lowest BCUT2D eigenvalue weighted by atomic mass is 9.78. The molecule has 1 saturated carbocycles. The van der Waals surface area contributed by atoms with E-state index >= 15 is 0 Å². The van der Waals surface area contributed by atoms with Crippen molar-refractivity contribution in [2.45, 2.75) is 63.1 Å². The van der Waals surface area contributed by atoms with Gasteiger partial charge in [0, 0.05) is 18.1 Å². The molecule has 0 unspecified atom stereocenters. The van der Waals surface area contributed by atoms with Crippen LogP contribution in [-0.2, 0) is 4.79 Å². The number of carboxylic acids is 1. The molecule has 0 radical (unpaired) electrons. The van der Waals surface area contributed by atoms with Gasteiger partial charge in [0.05, 0.1) is 5.92 Å². The van der Waals surface area contributed by atoms with Crippen molar-refractivity contribution in [2.24, 2.45) is 5.92 Å². The molecule has 0 aromatic heterocycles. The summed E-state index contributed by atoms with van der Waals surface area (Å²) in [6.07, 6.45) is 8.29. The minimum Gasteiger partial charge on any atom is -0.481 e. The highest BCUT2D eigenvalue weighted by Gasteiger charge is 2.46. The monoisotopic (exact) mass is 209 g/mol. The van der Waals surface area contributed by atoms with Crippen molar-refractivity contribution < 1.29 is 9.90 Å². The highest BCUT2D eigenvalue weighted by molar-refractivity contribution is 5.70. The van der Waals surface area contributed by atoms with Crippen LogP contribution >= 0.6 is 0 Å². The molecule has 1 aliphatic carbocycles. The van der Waals surface area contributed by atoms with Crippen LogP contribution in [0.15, 0.2) is 0 Å². The molecule has 0 amide bonds. The molecule has 15 heavy (non-hydrogen) atoms. The summed E-state index contributed by atoms with van der Waals surface area (Å²) in [4.78, 5) is 13.7. The third-order valence-corrected chi connectivity index (χ3v) is 4.35. The molecule has 2 bridgehead atoms. The minimum absolute atomic E-state index is 0.0599. The van der Waals surface area contributed by atoms with Gasteiger partial charge in [-0.05, 0) is 38.5 Å². The maximum absolute atomic E-state index is 11.1. The molecule has 0 aromatic carbocycles. The first-order chi connectivity index (χ1) is 7.25. The van der Waals surface area contributed by atoms with Crippen LogP contribution in [0.5, 0.6) is 0 Å². The van der Waals surface area contributed by atoms with Crippen LogP contribution in [0.3, 0.4) is 0 Å². The Hall–Kier alpha value is -0.570. The van der Waals surface area contributed by atoms with Gasteiger partial charge in [0.25, 0.3) is 0 Å². The minimum atomic E-state index is -0.567. The van der Waals surface area contributed by atoms with Gasteiger partial charge in [-0.1, -0.05) is 6.42 Å². The standard InChI is InChI=1S/C12H19NO2/c14-12(15)8-6-10-2-1-3-11(7-8)13(10)9-4-5-9/h8-11H,1-7H2,(H,14,15)/t10-,11-/m1/s1. The molecule has 2 saturated heterocycles. The highest BCUT2D eigenvalue weighted by atomic mass is 16.4. The average molecular weight is 209 g/mol. The topological polar surface area (TPSA) is 40.5 Å². The third-order valence-electron chi connectivity index (χ3n) is 4.35. The zero-order valence-corrected chi connectivity index (χ0v) is 9.06. The van der Waals surface area contributed by atoms with Gasteiger partial charge in [-0.3, -0.25) is 9.69 Å². The summed E-state index contributed by atoms with van der Waals surface area (Å²) in [6, 6.07) is 1.99. The second-order valence-electron chi connectivity index (χ2n) is 5.42. The van der Waals surface area contributed by atoms with Gasteiger partial charge in [0.2, 0.25) is 0 Å². The predicted molar refractivity (Wildman–Crippen MR) is 56.6 cm³/mol. The number of carboxylic acid groups (broad SMARTS) is 1. The van der Waals surface area contributed by atoms with Crippen LogP contribution in [0, 0.1) is 5.92 Å². The van der Waals surface area contributed by atoms with E-state index in [1.165, 1.54) is 32.1 Å². The summed E-state index contributed by atoms with van der Waals surface area (Å²) in [6.45, 7) is 0. The lowest BCUT2D eigenvalue weighted by Gasteiger charge is -2.48. The molecular formula is C12H19NO2. The first-order valence-electron chi connectivity index (χ1n) is 6.26. The molecule has 3 rings (SSSR count). The fraction of sp³-hybridized carbons (Fsp3) is 0.917. The van der Waals surface area contributed by atoms with Crippen LogP contribution in [0.1, 0.15) is 44.9 Å². The molecule has 2 heterocycles. The van der Waals surface area contributed by atoms with E-state index < -0.39 is 5.97 Å². The lowest BCUT2D eigenvalue weighted by Crippen LogP contribution is -2.54. The first kappa shape index (κ1) is 9.64. The van der Waals surface area contributed by atoms with Crippen molar-refractivity contribution >= 4 is 5.97 Å². The Morgan fingerprint density at radius 3 is 2.07 bits per heavy atom. The van der Waals surface area contributed by atoms with Gasteiger partial charge in [0.15, 0.2) is 0 Å². The van der Waals surface area contributed by atoms with Gasteiger partial charge >= 0.3 is 5.97 Å². The molecule has 1 N–H and O–H groups in total. The average Bonchev–Trinajstić information content (AvgIpc) is 2.98. The van der Waals surface area contributed by atoms with Gasteiger partial charge in [-0.15, -0.1) is 0 Å². The van der Waals surface area contributed by atoms with Gasteiger partial charge in [-0.25, -0.2) is 0 Å². The van der Waals surface area contributed by atoms with Crippen molar-refractivity contribution in [3.63, 3.8) is 0 Å². The van der Waals surface area contributed by atoms with Crippen molar-refractivity contribution in [1.82, 2.24) is 4.90 Å². The number of hydrogen-bond donors (Lipinski definition) is 1. The highest BCUT2D eigenvalue weighted by Crippen LogP contribution is 2.43. The molecule has 0 aromatic rings. The first-order valence-corrected chi connectivity index (χ1v) is 6.26. The Morgan fingerprint density at radius 1 is 1.00 bits per heavy atom. The number of rotatable bonds is 2. The van der Waals surface area contributed by atoms with Crippen LogP contribution in [0.4, 0.5) is 0 Å². The molecule has 3 aliphatic rings. The van der Waals surface area contributed by atoms with Crippen LogP contribution in [0.25, 0.3) is 0 Å². The lowest BCUT2D eigenvalue weighted by molar-refractivity contribution is -0.146. The Labute approximate surface area is 90.5 Å². The zero-order valence-electron chi connectivity index (χ0n) is 9.06. The van der Waals surface area contributed by atoms with Crippen molar-refractivity contribution in [1.29, 1.82) is 0 Å². The Kier molecular flexibility index (Phi) is 2.23. The second-order valence-corrected chi connectivity index (χ2v) is 5.42. The number of hydrogen-bond acceptors (Lipinski definition) is 2. The second kappa shape index (κ2) is 3.48. The van der Waals surface area contributed by atoms with E-state index in [0.29, 0.717) is 12.1 Å². The van der Waals surface area contributed by atoms with E-state index in [-0.39, 0.29) is 5.92 Å². The number of fused-ring (bicyclic) bond motifs is 2. The quantitative estimate of drug-likeness (QED) is 0.754. The van der Waals surface area contributed by atoms with E-state index in [9.17, 15) is 4.79 Å². The summed E-state index contributed by atoms with van der Waals surface area (Å²) in [5.74, 6) is -0.627. The van der Waals surface area contributed by atoms with Crippen LogP contribution in [-0.4, -0.2) is 34.1 Å². The van der Waals surface area contributed by atoms with E-state index in [4.69, 9.17) is 5.11 Å². The van der Waals surface area contributed by atoms with Crippen LogP contribution in [0.2, 0.25) is 0 Å². The summed E-state index contributed by atoms with van der Waals surface area (Å²) in [5.41, 5.74) is 0. The molecule has 3 fully saturated rings. The summed E-state index contributed by atoms with van der Waals surface area (Å²) in [7, 11) is 0. The van der Waals surface area contributed by atoms with E-state index in [2.05, 4.69) is 4.90 Å². The molecule has 2 atom stereocenters. The number of aliphatic carboxylic acids is 1. The van der Waals surface area contributed by atoms with Gasteiger partial charge < -0.3 is 5.11 Å². The molecule has 3 heteroatoms. The summed E-state index contributed by atoms with van der Waals surface area (Å²) in [5, 5.41) is 9.12. The smallest absolute Gasteiger partial charge is 0.306 e. The fourth-order valence-corrected chi connectivity index (χ4v) is 3.59. The van der Waals surface area contributed by atoms with Crippen molar-refractivity contribution in [3.05, 3.63) is 0 Å². The maximum Gasteiger partial charge on any atom is 0.306 e. The van der Waals surface area contributed by atoms with E-state index in [1.54, 1.807) is 0 Å². The predicted octanol–water partition coefficient (Wildman–Crippen LogP) is 1.87. The zero-order chi connectivity index (χ0) is 10.4. The maximum atomic E-state index is 11.1. The Morgan fingerprint density at radius 2 is 1.60 bits per heavy atom. The fourth-order valence-electron chi connectivity index (χ4n) is 3.59. The number of piperidine rings is 2. The van der Waals surface area contributed by atoms with E-state index in [1.807, 2.05) is 0 Å². The normalized spacial score (nSPS) is 41.5. The summed E-state index contributed by atoms with van der Waals surface area (Å²) >= 11 is 0. The summed E-state index contributed by atoms with van der Waals surface area (Å²) < 4.78 is 0. The molecular weight excluding hydrogens is 190 g/mol.